The lowest BCUT2D eigenvalue weighted by Crippen LogP contribution is -1.94. The van der Waals surface area contributed by atoms with Crippen LogP contribution in [0.2, 0.25) is 0 Å². The summed E-state index contributed by atoms with van der Waals surface area (Å²) in [7, 11) is 0. The van der Waals surface area contributed by atoms with Crippen molar-refractivity contribution in [3.63, 3.8) is 0 Å². The van der Waals surface area contributed by atoms with Crippen LogP contribution in [0.25, 0.3) is 10.9 Å². The lowest BCUT2D eigenvalue weighted by Gasteiger charge is -2.04. The van der Waals surface area contributed by atoms with Gasteiger partial charge in [-0.25, -0.2) is 0 Å². The number of hydrogen-bond donors (Lipinski definition) is 0. The van der Waals surface area contributed by atoms with Crippen LogP contribution >= 0.6 is 0 Å². The molecule has 1 aromatic carbocycles. The van der Waals surface area contributed by atoms with Crippen LogP contribution in [-0.4, -0.2) is 4.57 Å². The summed E-state index contributed by atoms with van der Waals surface area (Å²) in [4.78, 5) is 0. The predicted molar refractivity (Wildman–Crippen MR) is 54.9 cm³/mol. The normalized spacial score (nSPS) is 16.7. The minimum absolute atomic E-state index is 0.792. The number of fused-ring (bicyclic) bond motifs is 1. The van der Waals surface area contributed by atoms with Gasteiger partial charge in [0.25, 0.3) is 0 Å². The fourth-order valence-electron chi connectivity index (χ4n) is 2.13. The van der Waals surface area contributed by atoms with Crippen molar-refractivity contribution in [1.29, 1.82) is 0 Å². The molecule has 1 aliphatic rings. The Morgan fingerprint density at radius 2 is 2.00 bits per heavy atom. The highest BCUT2D eigenvalue weighted by Crippen LogP contribution is 2.39. The topological polar surface area (TPSA) is 4.93 Å². The van der Waals surface area contributed by atoms with E-state index in [0.717, 1.165) is 6.04 Å². The number of aromatic nitrogens is 1. The first-order valence-corrected chi connectivity index (χ1v) is 4.93. The number of nitrogens with zero attached hydrogens (tertiary/aromatic N) is 1. The summed E-state index contributed by atoms with van der Waals surface area (Å²) >= 11 is 0. The van der Waals surface area contributed by atoms with Crippen LogP contribution in [0.3, 0.4) is 0 Å². The third kappa shape index (κ3) is 0.998. The molecule has 66 valence electrons. The van der Waals surface area contributed by atoms with Crippen molar-refractivity contribution in [3.05, 3.63) is 36.0 Å². The summed E-state index contributed by atoms with van der Waals surface area (Å²) in [6.45, 7) is 2.21. The molecule has 0 unspecified atom stereocenters. The quantitative estimate of drug-likeness (QED) is 0.620. The highest BCUT2D eigenvalue weighted by atomic mass is 15.0. The van der Waals surface area contributed by atoms with Crippen LogP contribution in [0.4, 0.5) is 0 Å². The summed E-state index contributed by atoms with van der Waals surface area (Å²) in [6, 6.07) is 11.7. The molecule has 1 aromatic heterocycles. The minimum Gasteiger partial charge on any atom is -0.342 e. The standard InChI is InChI=1S/C12H13N/c1-9-8-10-4-2-3-5-12(10)13(9)11-6-7-11/h2-5,8,11H,6-7H2,1H3. The first-order chi connectivity index (χ1) is 6.36. The molecule has 1 nitrogen and oxygen atoms in total. The highest BCUT2D eigenvalue weighted by Gasteiger charge is 2.25. The molecular weight excluding hydrogens is 158 g/mol. The Labute approximate surface area is 78.0 Å². The number of para-hydroxylation sites is 1. The fourth-order valence-corrected chi connectivity index (χ4v) is 2.13. The Morgan fingerprint density at radius 1 is 1.23 bits per heavy atom. The van der Waals surface area contributed by atoms with E-state index in [-0.39, 0.29) is 0 Å². The van der Waals surface area contributed by atoms with Crippen molar-refractivity contribution in [2.75, 3.05) is 0 Å². The van der Waals surface area contributed by atoms with E-state index in [4.69, 9.17) is 0 Å². The van der Waals surface area contributed by atoms with Gasteiger partial charge in [0.05, 0.1) is 0 Å². The molecule has 0 bridgehead atoms. The zero-order valence-electron chi connectivity index (χ0n) is 7.83. The van der Waals surface area contributed by atoms with E-state index < -0.39 is 0 Å². The first kappa shape index (κ1) is 7.19. The Balaban J connectivity index is 2.35. The molecule has 1 heteroatoms. The Kier molecular flexibility index (Phi) is 1.32. The second kappa shape index (κ2) is 2.38. The third-order valence-corrected chi connectivity index (χ3v) is 2.85. The van der Waals surface area contributed by atoms with E-state index in [1.807, 2.05) is 0 Å². The van der Waals surface area contributed by atoms with Gasteiger partial charge in [-0.1, -0.05) is 18.2 Å². The van der Waals surface area contributed by atoms with Crippen LogP contribution < -0.4 is 0 Å². The lowest BCUT2D eigenvalue weighted by atomic mass is 10.2. The van der Waals surface area contributed by atoms with E-state index >= 15 is 0 Å². The van der Waals surface area contributed by atoms with Crippen molar-refractivity contribution in [1.82, 2.24) is 4.57 Å². The van der Waals surface area contributed by atoms with E-state index in [0.29, 0.717) is 0 Å². The van der Waals surface area contributed by atoms with Crippen LogP contribution in [0, 0.1) is 6.92 Å². The molecule has 0 spiro atoms. The van der Waals surface area contributed by atoms with Gasteiger partial charge < -0.3 is 4.57 Å². The maximum absolute atomic E-state index is 2.48. The van der Waals surface area contributed by atoms with Gasteiger partial charge in [0.1, 0.15) is 0 Å². The predicted octanol–water partition coefficient (Wildman–Crippen LogP) is 3.28. The van der Waals surface area contributed by atoms with Gasteiger partial charge in [-0.05, 0) is 37.3 Å². The molecule has 0 saturated heterocycles. The van der Waals surface area contributed by atoms with Gasteiger partial charge in [0.15, 0.2) is 0 Å². The van der Waals surface area contributed by atoms with Crippen molar-refractivity contribution in [2.24, 2.45) is 0 Å². The molecule has 1 saturated carbocycles. The average molecular weight is 171 g/mol. The largest absolute Gasteiger partial charge is 0.342 e. The maximum atomic E-state index is 2.48. The summed E-state index contributed by atoms with van der Waals surface area (Å²) in [5.74, 6) is 0. The van der Waals surface area contributed by atoms with Gasteiger partial charge in [-0.15, -0.1) is 0 Å². The number of aryl methyl sites for hydroxylation is 1. The van der Waals surface area contributed by atoms with Gasteiger partial charge in [-0.2, -0.15) is 0 Å². The second-order valence-electron chi connectivity index (χ2n) is 3.95. The van der Waals surface area contributed by atoms with Crippen LogP contribution in [-0.2, 0) is 0 Å². The zero-order valence-corrected chi connectivity index (χ0v) is 7.83. The van der Waals surface area contributed by atoms with Crippen LogP contribution in [0.1, 0.15) is 24.6 Å². The Morgan fingerprint density at radius 3 is 2.77 bits per heavy atom. The average Bonchev–Trinajstić information content (AvgIpc) is 2.88. The number of rotatable bonds is 1. The fraction of sp³-hybridized carbons (Fsp3) is 0.333. The summed E-state index contributed by atoms with van der Waals surface area (Å²) in [5, 5.41) is 1.38. The molecule has 13 heavy (non-hydrogen) atoms. The van der Waals surface area contributed by atoms with E-state index in [1.54, 1.807) is 0 Å². The molecule has 0 atom stereocenters. The van der Waals surface area contributed by atoms with E-state index in [9.17, 15) is 0 Å². The molecule has 0 aliphatic heterocycles. The first-order valence-electron chi connectivity index (χ1n) is 4.93. The molecule has 3 rings (SSSR count). The molecule has 0 amide bonds. The maximum Gasteiger partial charge on any atom is 0.0485 e. The van der Waals surface area contributed by atoms with Crippen molar-refractivity contribution < 1.29 is 0 Å². The zero-order chi connectivity index (χ0) is 8.84. The van der Waals surface area contributed by atoms with Crippen molar-refractivity contribution in [2.45, 2.75) is 25.8 Å². The van der Waals surface area contributed by atoms with E-state index in [2.05, 4.69) is 41.8 Å². The number of benzene rings is 1. The molecule has 0 N–H and O–H groups in total. The SMILES string of the molecule is Cc1cc2ccccc2n1C1CC1. The molecule has 2 aromatic rings. The van der Waals surface area contributed by atoms with Gasteiger partial charge in [-0.3, -0.25) is 0 Å². The molecular formula is C12H13N. The monoisotopic (exact) mass is 171 g/mol. The van der Waals surface area contributed by atoms with Crippen molar-refractivity contribution >= 4 is 10.9 Å². The molecule has 1 fully saturated rings. The lowest BCUT2D eigenvalue weighted by molar-refractivity contribution is 0.749. The van der Waals surface area contributed by atoms with Crippen LogP contribution in [0.15, 0.2) is 30.3 Å². The molecule has 1 heterocycles. The van der Waals surface area contributed by atoms with E-state index in [1.165, 1.54) is 29.4 Å². The summed E-state index contributed by atoms with van der Waals surface area (Å²) in [6.07, 6.45) is 2.72. The second-order valence-corrected chi connectivity index (χ2v) is 3.95. The molecule has 0 radical (unpaired) electrons. The summed E-state index contributed by atoms with van der Waals surface area (Å²) in [5.41, 5.74) is 2.81. The Bertz CT molecular complexity index is 449. The molecule has 1 aliphatic carbocycles. The van der Waals surface area contributed by atoms with Crippen molar-refractivity contribution in [3.8, 4) is 0 Å². The van der Waals surface area contributed by atoms with Gasteiger partial charge >= 0.3 is 0 Å². The summed E-state index contributed by atoms with van der Waals surface area (Å²) < 4.78 is 2.48. The number of hydrogen-bond acceptors (Lipinski definition) is 0. The van der Waals surface area contributed by atoms with Gasteiger partial charge in [0, 0.05) is 17.3 Å². The minimum atomic E-state index is 0.792. The highest BCUT2D eigenvalue weighted by molar-refractivity contribution is 5.81. The smallest absolute Gasteiger partial charge is 0.0485 e. The Hall–Kier alpha value is -1.24. The third-order valence-electron chi connectivity index (χ3n) is 2.85. The van der Waals surface area contributed by atoms with Gasteiger partial charge in [0.2, 0.25) is 0 Å². The van der Waals surface area contributed by atoms with Crippen LogP contribution in [0.5, 0.6) is 0 Å².